The van der Waals surface area contributed by atoms with Gasteiger partial charge >= 0.3 is 0 Å². The molecular formula is C17H14Cl2N2O2S. The maximum Gasteiger partial charge on any atom is 0.250 e. The predicted octanol–water partition coefficient (Wildman–Crippen LogP) is 4.53. The smallest absolute Gasteiger partial charge is 0.250 e. The molecule has 0 saturated heterocycles. The van der Waals surface area contributed by atoms with Gasteiger partial charge in [0.2, 0.25) is 5.91 Å². The zero-order valence-electron chi connectivity index (χ0n) is 12.7. The van der Waals surface area contributed by atoms with Crippen LogP contribution in [0.5, 0.6) is 5.75 Å². The maximum absolute atomic E-state index is 11.9. The van der Waals surface area contributed by atoms with Crippen LogP contribution in [0.1, 0.15) is 5.56 Å². The standard InChI is InChI=1S/C17H14Cl2N2O2S/c1-23-14-8-3-2-5-11(14)9-10-15(22)21-17(24)20-13-7-4-6-12(18)16(13)19/h2-10H,1H3,(H2,20,21,22,24)/b10-9-. The van der Waals surface area contributed by atoms with Crippen molar-refractivity contribution in [3.8, 4) is 5.75 Å². The Balaban J connectivity index is 1.98. The zero-order valence-corrected chi connectivity index (χ0v) is 15.0. The summed E-state index contributed by atoms with van der Waals surface area (Å²) >= 11 is 17.1. The van der Waals surface area contributed by atoms with Gasteiger partial charge in [0, 0.05) is 11.6 Å². The highest BCUT2D eigenvalue weighted by molar-refractivity contribution is 7.80. The first-order valence-corrected chi connectivity index (χ1v) is 8.04. The summed E-state index contributed by atoms with van der Waals surface area (Å²) in [5, 5.41) is 6.21. The lowest BCUT2D eigenvalue weighted by Gasteiger charge is -2.10. The number of hydrogen-bond acceptors (Lipinski definition) is 3. The number of carbonyl (C=O) groups is 1. The molecular weight excluding hydrogens is 367 g/mol. The molecule has 0 aliphatic rings. The maximum atomic E-state index is 11.9. The normalized spacial score (nSPS) is 10.5. The first kappa shape index (κ1) is 18.3. The Morgan fingerprint density at radius 1 is 1.17 bits per heavy atom. The summed E-state index contributed by atoms with van der Waals surface area (Å²) in [7, 11) is 1.57. The Hall–Kier alpha value is -2.08. The van der Waals surface area contributed by atoms with Crippen molar-refractivity contribution in [3.05, 3.63) is 64.1 Å². The van der Waals surface area contributed by atoms with Crippen LogP contribution in [-0.2, 0) is 4.79 Å². The van der Waals surface area contributed by atoms with Crippen LogP contribution in [-0.4, -0.2) is 18.1 Å². The molecule has 0 unspecified atom stereocenters. The Bertz CT molecular complexity index is 794. The third-order valence-electron chi connectivity index (χ3n) is 2.99. The van der Waals surface area contributed by atoms with Gasteiger partial charge in [-0.3, -0.25) is 10.1 Å². The van der Waals surface area contributed by atoms with E-state index in [1.807, 2.05) is 24.3 Å². The molecule has 2 aromatic carbocycles. The van der Waals surface area contributed by atoms with Crippen LogP contribution in [0.25, 0.3) is 6.08 Å². The third kappa shape index (κ3) is 4.96. The van der Waals surface area contributed by atoms with E-state index in [0.717, 1.165) is 5.56 Å². The van der Waals surface area contributed by atoms with Crippen LogP contribution in [0.2, 0.25) is 10.0 Å². The largest absolute Gasteiger partial charge is 0.496 e. The Morgan fingerprint density at radius 2 is 1.92 bits per heavy atom. The molecule has 24 heavy (non-hydrogen) atoms. The van der Waals surface area contributed by atoms with E-state index in [-0.39, 0.29) is 11.0 Å². The second kappa shape index (κ2) is 8.68. The van der Waals surface area contributed by atoms with Crippen LogP contribution in [0.3, 0.4) is 0 Å². The topological polar surface area (TPSA) is 50.4 Å². The van der Waals surface area contributed by atoms with Gasteiger partial charge in [-0.15, -0.1) is 0 Å². The number of amides is 1. The molecule has 0 radical (unpaired) electrons. The summed E-state index contributed by atoms with van der Waals surface area (Å²) in [5.74, 6) is 0.296. The average molecular weight is 381 g/mol. The number of hydrogen-bond donors (Lipinski definition) is 2. The Morgan fingerprint density at radius 3 is 2.67 bits per heavy atom. The second-order valence-corrected chi connectivity index (χ2v) is 5.81. The number of anilines is 1. The summed E-state index contributed by atoms with van der Waals surface area (Å²) in [5.41, 5.74) is 1.30. The minimum Gasteiger partial charge on any atom is -0.496 e. The van der Waals surface area contributed by atoms with E-state index in [0.29, 0.717) is 21.5 Å². The molecule has 4 nitrogen and oxygen atoms in total. The minimum atomic E-state index is -0.378. The molecule has 0 aliphatic heterocycles. The van der Waals surface area contributed by atoms with Crippen molar-refractivity contribution in [2.24, 2.45) is 0 Å². The van der Waals surface area contributed by atoms with Crippen LogP contribution in [0.15, 0.2) is 48.5 Å². The molecule has 2 rings (SSSR count). The molecule has 0 aliphatic carbocycles. The van der Waals surface area contributed by atoms with Crippen LogP contribution in [0, 0.1) is 0 Å². The molecule has 0 spiro atoms. The number of benzene rings is 2. The molecule has 0 heterocycles. The second-order valence-electron chi connectivity index (χ2n) is 4.62. The van der Waals surface area contributed by atoms with Gasteiger partial charge in [0.15, 0.2) is 5.11 Å². The van der Waals surface area contributed by atoms with Gasteiger partial charge in [0.25, 0.3) is 0 Å². The van der Waals surface area contributed by atoms with E-state index in [1.165, 1.54) is 6.08 Å². The fourth-order valence-corrected chi connectivity index (χ4v) is 2.44. The summed E-state index contributed by atoms with van der Waals surface area (Å²) in [4.78, 5) is 11.9. The van der Waals surface area contributed by atoms with Crippen LogP contribution in [0.4, 0.5) is 5.69 Å². The summed E-state index contributed by atoms with van der Waals surface area (Å²) < 4.78 is 5.21. The molecule has 0 atom stereocenters. The molecule has 124 valence electrons. The zero-order chi connectivity index (χ0) is 17.5. The van der Waals surface area contributed by atoms with Crippen LogP contribution >= 0.6 is 35.4 Å². The predicted molar refractivity (Wildman–Crippen MR) is 103 cm³/mol. The van der Waals surface area contributed by atoms with Gasteiger partial charge in [-0.25, -0.2) is 0 Å². The summed E-state index contributed by atoms with van der Waals surface area (Å²) in [6.45, 7) is 0. The SMILES string of the molecule is COc1ccccc1/C=C\C(=O)NC(=S)Nc1cccc(Cl)c1Cl. The molecule has 0 aromatic heterocycles. The number of para-hydroxylation sites is 1. The van der Waals surface area contributed by atoms with E-state index >= 15 is 0 Å². The fourth-order valence-electron chi connectivity index (χ4n) is 1.88. The van der Waals surface area contributed by atoms with Gasteiger partial charge < -0.3 is 10.1 Å². The lowest BCUT2D eigenvalue weighted by Crippen LogP contribution is -2.32. The Kier molecular flexibility index (Phi) is 6.61. The monoisotopic (exact) mass is 380 g/mol. The van der Waals surface area contributed by atoms with Crippen molar-refractivity contribution in [1.29, 1.82) is 0 Å². The first-order valence-electron chi connectivity index (χ1n) is 6.88. The van der Waals surface area contributed by atoms with Crippen molar-refractivity contribution in [3.63, 3.8) is 0 Å². The van der Waals surface area contributed by atoms with E-state index in [2.05, 4.69) is 10.6 Å². The molecule has 2 N–H and O–H groups in total. The van der Waals surface area contributed by atoms with Crippen LogP contribution < -0.4 is 15.4 Å². The van der Waals surface area contributed by atoms with E-state index in [1.54, 1.807) is 31.4 Å². The lowest BCUT2D eigenvalue weighted by molar-refractivity contribution is -0.115. The number of ether oxygens (including phenoxy) is 1. The molecule has 1 amide bonds. The quantitative estimate of drug-likeness (QED) is 0.604. The van der Waals surface area contributed by atoms with Crippen molar-refractivity contribution in [1.82, 2.24) is 5.32 Å². The van der Waals surface area contributed by atoms with Crippen molar-refractivity contribution < 1.29 is 9.53 Å². The van der Waals surface area contributed by atoms with Gasteiger partial charge in [0.1, 0.15) is 5.75 Å². The van der Waals surface area contributed by atoms with E-state index in [4.69, 9.17) is 40.2 Å². The number of nitrogens with one attached hydrogen (secondary N) is 2. The number of halogens is 2. The van der Waals surface area contributed by atoms with E-state index in [9.17, 15) is 4.79 Å². The van der Waals surface area contributed by atoms with Gasteiger partial charge in [0.05, 0.1) is 22.8 Å². The van der Waals surface area contributed by atoms with Gasteiger partial charge in [-0.05, 0) is 36.5 Å². The number of methoxy groups -OCH3 is 1. The summed E-state index contributed by atoms with van der Waals surface area (Å²) in [6.07, 6.45) is 3.01. The first-order chi connectivity index (χ1) is 11.5. The van der Waals surface area contributed by atoms with Crippen molar-refractivity contribution in [2.45, 2.75) is 0 Å². The molecule has 0 saturated carbocycles. The van der Waals surface area contributed by atoms with E-state index < -0.39 is 0 Å². The molecule has 0 bridgehead atoms. The van der Waals surface area contributed by atoms with Crippen molar-refractivity contribution in [2.75, 3.05) is 12.4 Å². The highest BCUT2D eigenvalue weighted by Crippen LogP contribution is 2.29. The fraction of sp³-hybridized carbons (Fsp3) is 0.0588. The molecule has 7 heteroatoms. The van der Waals surface area contributed by atoms with Crippen molar-refractivity contribution >= 4 is 58.2 Å². The third-order valence-corrected chi connectivity index (χ3v) is 4.01. The number of carbonyl (C=O) groups excluding carboxylic acids is 1. The summed E-state index contributed by atoms with van der Waals surface area (Å²) in [6, 6.07) is 12.4. The molecule has 2 aromatic rings. The van der Waals surface area contributed by atoms with Gasteiger partial charge in [-0.1, -0.05) is 47.5 Å². The Labute approximate surface area is 155 Å². The lowest BCUT2D eigenvalue weighted by atomic mass is 10.2. The highest BCUT2D eigenvalue weighted by Gasteiger charge is 2.07. The number of rotatable bonds is 4. The van der Waals surface area contributed by atoms with Gasteiger partial charge in [-0.2, -0.15) is 0 Å². The minimum absolute atomic E-state index is 0.119. The number of thiocarbonyl (C=S) groups is 1. The average Bonchev–Trinajstić information content (AvgIpc) is 2.57. The molecule has 0 fully saturated rings. The highest BCUT2D eigenvalue weighted by atomic mass is 35.5.